The average Bonchev–Trinajstić information content (AvgIpc) is 2.65. The fourth-order valence-corrected chi connectivity index (χ4v) is 2.84. The van der Waals surface area contributed by atoms with Crippen LogP contribution in [0.15, 0.2) is 23.7 Å². The number of rotatable bonds is 4. The molecule has 0 aromatic heterocycles. The molecule has 1 aliphatic heterocycles. The Morgan fingerprint density at radius 1 is 1.29 bits per heavy atom. The maximum Gasteiger partial charge on any atom is 0.491 e. The molecule has 130 valence electrons. The molecule has 0 atom stereocenters. The van der Waals surface area contributed by atoms with Crippen molar-refractivity contribution in [2.45, 2.75) is 45.8 Å². The van der Waals surface area contributed by atoms with Crippen LogP contribution < -0.4 is 5.73 Å². The summed E-state index contributed by atoms with van der Waals surface area (Å²) in [5, 5.41) is 9.52. The number of nitrogens with two attached hydrogens (primary N) is 1. The summed E-state index contributed by atoms with van der Waals surface area (Å²) in [4.78, 5) is 11.4. The van der Waals surface area contributed by atoms with Crippen LogP contribution in [0.1, 0.15) is 40.2 Å². The third-order valence-corrected chi connectivity index (χ3v) is 5.29. The van der Waals surface area contributed by atoms with Gasteiger partial charge in [-0.2, -0.15) is 0 Å². The molecule has 1 aromatic rings. The van der Waals surface area contributed by atoms with Gasteiger partial charge in [0.15, 0.2) is 5.12 Å². The van der Waals surface area contributed by atoms with Crippen LogP contribution in [-0.2, 0) is 14.1 Å². The molecule has 1 aliphatic rings. The first kappa shape index (κ1) is 18.9. The van der Waals surface area contributed by atoms with Crippen molar-refractivity contribution in [3.8, 4) is 5.75 Å². The lowest BCUT2D eigenvalue weighted by molar-refractivity contribution is -0.109. The zero-order chi connectivity index (χ0) is 18.1. The fraction of sp³-hybridized carbons (Fsp3) is 0.471. The van der Waals surface area contributed by atoms with E-state index in [2.05, 4.69) is 0 Å². The van der Waals surface area contributed by atoms with Gasteiger partial charge in [-0.15, -0.1) is 0 Å². The van der Waals surface area contributed by atoms with Crippen molar-refractivity contribution in [3.63, 3.8) is 0 Å². The molecular weight excluding hydrogens is 325 g/mol. The van der Waals surface area contributed by atoms with E-state index in [-0.39, 0.29) is 10.9 Å². The number of phenolic OH excluding ortho intramolecular Hbond substituents is 1. The highest BCUT2D eigenvalue weighted by atomic mass is 32.2. The highest BCUT2D eigenvalue weighted by molar-refractivity contribution is 8.13. The van der Waals surface area contributed by atoms with Gasteiger partial charge in [0.2, 0.25) is 0 Å². The number of nitrogen functional groups attached to an aromatic ring is 1. The first-order valence-electron chi connectivity index (χ1n) is 7.80. The Morgan fingerprint density at radius 2 is 1.88 bits per heavy atom. The second-order valence-electron chi connectivity index (χ2n) is 6.90. The van der Waals surface area contributed by atoms with Gasteiger partial charge in [0.25, 0.3) is 0 Å². The molecule has 0 aliphatic carbocycles. The minimum atomic E-state index is -0.546. The van der Waals surface area contributed by atoms with Gasteiger partial charge in [-0.05, 0) is 50.9 Å². The number of thioether (sulfide) groups is 1. The zero-order valence-corrected chi connectivity index (χ0v) is 15.6. The highest BCUT2D eigenvalue weighted by Gasteiger charge is 2.52. The van der Waals surface area contributed by atoms with E-state index in [0.29, 0.717) is 11.4 Å². The summed E-state index contributed by atoms with van der Waals surface area (Å²) in [7, 11) is -0.546. The molecule has 7 heteroatoms. The molecule has 0 bridgehead atoms. The molecule has 1 saturated heterocycles. The molecule has 5 nitrogen and oxygen atoms in total. The predicted molar refractivity (Wildman–Crippen MR) is 99.7 cm³/mol. The van der Waals surface area contributed by atoms with E-state index in [9.17, 15) is 9.90 Å². The van der Waals surface area contributed by atoms with Gasteiger partial charge >= 0.3 is 7.12 Å². The molecule has 0 unspecified atom stereocenters. The van der Waals surface area contributed by atoms with Crippen molar-refractivity contribution in [2.75, 3.05) is 11.5 Å². The first-order valence-corrected chi connectivity index (χ1v) is 8.78. The summed E-state index contributed by atoms with van der Waals surface area (Å²) >= 11 is 1.20. The maximum atomic E-state index is 11.4. The van der Waals surface area contributed by atoms with E-state index in [1.54, 1.807) is 12.1 Å². The van der Waals surface area contributed by atoms with Gasteiger partial charge in [-0.25, -0.2) is 0 Å². The maximum absolute atomic E-state index is 11.4. The van der Waals surface area contributed by atoms with Gasteiger partial charge in [-0.3, -0.25) is 4.79 Å². The van der Waals surface area contributed by atoms with E-state index in [0.717, 1.165) is 11.0 Å². The average molecular weight is 349 g/mol. The standard InChI is InChI=1S/C17H24BNO4S/c1-11(20)24-10-13(8-12-6-7-14(21)9-15(12)19)18-22-16(2,3)17(4,5)23-18/h6-9,21H,10,19H2,1-5H3. The first-order chi connectivity index (χ1) is 11.0. The molecule has 0 radical (unpaired) electrons. The lowest BCUT2D eigenvalue weighted by Gasteiger charge is -2.32. The molecule has 2 rings (SSSR count). The van der Waals surface area contributed by atoms with Gasteiger partial charge in [0, 0.05) is 24.4 Å². The topological polar surface area (TPSA) is 81.8 Å². The Hall–Kier alpha value is -1.44. The Morgan fingerprint density at radius 3 is 2.38 bits per heavy atom. The lowest BCUT2D eigenvalue weighted by atomic mass is 9.78. The molecule has 24 heavy (non-hydrogen) atoms. The van der Waals surface area contributed by atoms with Crippen molar-refractivity contribution in [1.82, 2.24) is 0 Å². The quantitative estimate of drug-likeness (QED) is 0.641. The molecule has 1 fully saturated rings. The van der Waals surface area contributed by atoms with Gasteiger partial charge in [0.05, 0.1) is 11.2 Å². The summed E-state index contributed by atoms with van der Waals surface area (Å²) in [6.07, 6.45) is 1.87. The molecule has 3 N–H and O–H groups in total. The Bertz CT molecular complexity index is 657. The number of phenols is 1. The molecule has 0 saturated carbocycles. The summed E-state index contributed by atoms with van der Waals surface area (Å²) in [6.45, 7) is 9.46. The second-order valence-corrected chi connectivity index (χ2v) is 8.05. The van der Waals surface area contributed by atoms with Crippen LogP contribution in [0.2, 0.25) is 0 Å². The normalized spacial score (nSPS) is 19.5. The van der Waals surface area contributed by atoms with Crippen LogP contribution in [-0.4, -0.2) is 34.3 Å². The largest absolute Gasteiger partial charge is 0.508 e. The summed E-state index contributed by atoms with van der Waals surface area (Å²) in [6, 6.07) is 4.79. The minimum absolute atomic E-state index is 0.0242. The molecular formula is C17H24BNO4S. The van der Waals surface area contributed by atoms with Crippen LogP contribution in [0.5, 0.6) is 5.75 Å². The molecule has 0 amide bonds. The second kappa shape index (κ2) is 6.82. The summed E-state index contributed by atoms with van der Waals surface area (Å²) in [5.74, 6) is 0.562. The lowest BCUT2D eigenvalue weighted by Crippen LogP contribution is -2.41. The van der Waals surface area contributed by atoms with Crippen molar-refractivity contribution < 1.29 is 19.2 Å². The molecule has 0 spiro atoms. The number of hydrogen-bond acceptors (Lipinski definition) is 6. The predicted octanol–water partition coefficient (Wildman–Crippen LogP) is 3.27. The van der Waals surface area contributed by atoms with Crippen LogP contribution in [0.25, 0.3) is 6.08 Å². The summed E-state index contributed by atoms with van der Waals surface area (Å²) in [5.41, 5.74) is 7.08. The van der Waals surface area contributed by atoms with Crippen molar-refractivity contribution in [2.24, 2.45) is 0 Å². The Kier molecular flexibility index (Phi) is 5.37. The number of aromatic hydroxyl groups is 1. The van der Waals surface area contributed by atoms with E-state index in [1.165, 1.54) is 24.8 Å². The number of benzene rings is 1. The monoisotopic (exact) mass is 349 g/mol. The van der Waals surface area contributed by atoms with Gasteiger partial charge < -0.3 is 20.1 Å². The van der Waals surface area contributed by atoms with E-state index in [1.807, 2.05) is 33.8 Å². The van der Waals surface area contributed by atoms with Crippen LogP contribution >= 0.6 is 11.8 Å². The number of hydrogen-bond donors (Lipinski definition) is 2. The van der Waals surface area contributed by atoms with E-state index in [4.69, 9.17) is 15.0 Å². The van der Waals surface area contributed by atoms with E-state index >= 15 is 0 Å². The van der Waals surface area contributed by atoms with Gasteiger partial charge in [0.1, 0.15) is 5.75 Å². The summed E-state index contributed by atoms with van der Waals surface area (Å²) < 4.78 is 12.2. The Labute approximate surface area is 147 Å². The Balaban J connectivity index is 2.35. The number of carbonyl (C=O) groups is 1. The SMILES string of the molecule is CC(=O)SCC(=Cc1ccc(O)cc1N)B1OC(C)(C)C(C)(C)O1. The highest BCUT2D eigenvalue weighted by Crippen LogP contribution is 2.39. The third-order valence-electron chi connectivity index (χ3n) is 4.41. The smallest absolute Gasteiger partial charge is 0.491 e. The molecule has 1 aromatic carbocycles. The van der Waals surface area contributed by atoms with Gasteiger partial charge in [-0.1, -0.05) is 17.8 Å². The zero-order valence-electron chi connectivity index (χ0n) is 14.8. The van der Waals surface area contributed by atoms with E-state index < -0.39 is 18.3 Å². The van der Waals surface area contributed by atoms with Crippen molar-refractivity contribution in [1.29, 1.82) is 0 Å². The van der Waals surface area contributed by atoms with Crippen LogP contribution in [0, 0.1) is 0 Å². The van der Waals surface area contributed by atoms with Crippen LogP contribution in [0.4, 0.5) is 5.69 Å². The van der Waals surface area contributed by atoms with Crippen molar-refractivity contribution >= 4 is 35.8 Å². The fourth-order valence-electron chi connectivity index (χ4n) is 2.25. The number of carbonyl (C=O) groups excluding carboxylic acids is 1. The number of anilines is 1. The van der Waals surface area contributed by atoms with Crippen molar-refractivity contribution in [3.05, 3.63) is 29.2 Å². The van der Waals surface area contributed by atoms with Crippen LogP contribution in [0.3, 0.4) is 0 Å². The molecule has 1 heterocycles. The minimum Gasteiger partial charge on any atom is -0.508 e. The third kappa shape index (κ3) is 4.15.